The summed E-state index contributed by atoms with van der Waals surface area (Å²) in [6.45, 7) is 1.35. The third-order valence-electron chi connectivity index (χ3n) is 3.03. The van der Waals surface area contributed by atoms with Gasteiger partial charge in [-0.1, -0.05) is 0 Å². The smallest absolute Gasteiger partial charge is 0.331 e. The molecule has 0 aliphatic rings. The molecule has 25 heavy (non-hydrogen) atoms. The van der Waals surface area contributed by atoms with E-state index >= 15 is 0 Å². The number of carbonyl (C=O) groups is 2. The average molecular weight is 364 g/mol. The average Bonchev–Trinajstić information content (AvgIpc) is 3.07. The number of thiophene rings is 1. The zero-order valence-electron chi connectivity index (χ0n) is 13.0. The fraction of sp³-hybridized carbons (Fsp3) is 0.125. The Bertz CT molecular complexity index is 820. The van der Waals surface area contributed by atoms with Gasteiger partial charge < -0.3 is 10.1 Å². The van der Waals surface area contributed by atoms with Crippen molar-refractivity contribution in [1.82, 2.24) is 0 Å². The number of halogens is 1. The Morgan fingerprint density at radius 2 is 2.16 bits per heavy atom. The summed E-state index contributed by atoms with van der Waals surface area (Å²) < 4.78 is 18.2. The van der Waals surface area contributed by atoms with Gasteiger partial charge in [0, 0.05) is 17.8 Å². The maximum absolute atomic E-state index is 13.3. The van der Waals surface area contributed by atoms with Gasteiger partial charge in [0.25, 0.3) is 5.91 Å². The third-order valence-corrected chi connectivity index (χ3v) is 3.73. The number of nitro groups is 1. The Morgan fingerprint density at radius 1 is 1.40 bits per heavy atom. The van der Waals surface area contributed by atoms with Gasteiger partial charge in [0.15, 0.2) is 6.10 Å². The molecule has 1 aromatic carbocycles. The molecule has 0 saturated carbocycles. The van der Waals surface area contributed by atoms with Crippen molar-refractivity contribution in [3.05, 3.63) is 62.6 Å². The summed E-state index contributed by atoms with van der Waals surface area (Å²) in [6.07, 6.45) is 1.60. The lowest BCUT2D eigenvalue weighted by Gasteiger charge is -2.12. The van der Waals surface area contributed by atoms with Crippen LogP contribution in [0.15, 0.2) is 41.1 Å². The van der Waals surface area contributed by atoms with Crippen LogP contribution in [-0.2, 0) is 14.3 Å². The van der Waals surface area contributed by atoms with E-state index in [1.54, 1.807) is 6.08 Å². The van der Waals surface area contributed by atoms with Crippen LogP contribution in [0.2, 0.25) is 0 Å². The van der Waals surface area contributed by atoms with Crippen molar-refractivity contribution in [2.45, 2.75) is 13.0 Å². The van der Waals surface area contributed by atoms with Crippen molar-refractivity contribution < 1.29 is 23.6 Å². The van der Waals surface area contributed by atoms with Crippen LogP contribution in [0, 0.1) is 15.9 Å². The largest absolute Gasteiger partial charge is 0.449 e. The molecule has 0 bridgehead atoms. The van der Waals surface area contributed by atoms with E-state index < -0.39 is 34.4 Å². The Balaban J connectivity index is 1.95. The molecule has 0 spiro atoms. The highest BCUT2D eigenvalue weighted by atomic mass is 32.1. The number of nitro benzene ring substituents is 1. The molecule has 1 amide bonds. The Hall–Kier alpha value is -3.07. The predicted octanol–water partition coefficient (Wildman–Crippen LogP) is 3.38. The molecule has 1 heterocycles. The molecule has 130 valence electrons. The first-order chi connectivity index (χ1) is 11.9. The van der Waals surface area contributed by atoms with Gasteiger partial charge in [-0.25, -0.2) is 4.79 Å². The van der Waals surface area contributed by atoms with Crippen molar-refractivity contribution in [2.24, 2.45) is 0 Å². The first-order valence-corrected chi connectivity index (χ1v) is 7.97. The van der Waals surface area contributed by atoms with Crippen molar-refractivity contribution in [2.75, 3.05) is 5.32 Å². The quantitative estimate of drug-likeness (QED) is 0.367. The van der Waals surface area contributed by atoms with E-state index in [4.69, 9.17) is 4.74 Å². The molecule has 9 heteroatoms. The van der Waals surface area contributed by atoms with E-state index in [2.05, 4.69) is 5.32 Å². The summed E-state index contributed by atoms with van der Waals surface area (Å²) >= 11 is 1.47. The summed E-state index contributed by atoms with van der Waals surface area (Å²) in [5.41, 5.74) is 0.0913. The number of nitrogens with zero attached hydrogens (tertiary/aromatic N) is 1. The molecular formula is C16H13FN2O5S. The number of esters is 1. The number of anilines is 1. The summed E-state index contributed by atoms with van der Waals surface area (Å²) in [6, 6.07) is 4.74. The maximum atomic E-state index is 13.3. The third kappa shape index (κ3) is 5.21. The van der Waals surface area contributed by atoms with Gasteiger partial charge >= 0.3 is 11.7 Å². The highest BCUT2D eigenvalue weighted by Crippen LogP contribution is 2.21. The molecule has 2 rings (SSSR count). The minimum atomic E-state index is -1.14. The van der Waals surface area contributed by atoms with Crippen molar-refractivity contribution in [1.29, 1.82) is 0 Å². The van der Waals surface area contributed by atoms with Crippen LogP contribution >= 0.6 is 11.3 Å². The van der Waals surface area contributed by atoms with E-state index in [1.165, 1.54) is 30.4 Å². The fourth-order valence-corrected chi connectivity index (χ4v) is 2.40. The highest BCUT2D eigenvalue weighted by molar-refractivity contribution is 7.08. The van der Waals surface area contributed by atoms with Gasteiger partial charge in [0.2, 0.25) is 5.82 Å². The summed E-state index contributed by atoms with van der Waals surface area (Å²) in [4.78, 5) is 33.4. The zero-order chi connectivity index (χ0) is 18.4. The number of nitrogens with one attached hydrogen (secondary N) is 1. The summed E-state index contributed by atoms with van der Waals surface area (Å²) in [5, 5.41) is 16.7. The maximum Gasteiger partial charge on any atom is 0.331 e. The SMILES string of the molecule is CC(OC(=O)/C=C/c1ccsc1)C(=O)Nc1ccc(F)c([N+](=O)[O-])c1. The minimum absolute atomic E-state index is 0.0230. The summed E-state index contributed by atoms with van der Waals surface area (Å²) in [5.74, 6) is -2.42. The second-order valence-corrected chi connectivity index (χ2v) is 5.66. The molecule has 0 saturated heterocycles. The molecule has 1 N–H and O–H groups in total. The van der Waals surface area contributed by atoms with Gasteiger partial charge in [0.05, 0.1) is 4.92 Å². The molecule has 0 radical (unpaired) electrons. The molecule has 1 aromatic heterocycles. The van der Waals surface area contributed by atoms with Crippen molar-refractivity contribution in [3.63, 3.8) is 0 Å². The number of ether oxygens (including phenoxy) is 1. The highest BCUT2D eigenvalue weighted by Gasteiger charge is 2.19. The Kier molecular flexibility index (Phi) is 5.96. The van der Waals surface area contributed by atoms with Crippen LogP contribution in [0.4, 0.5) is 15.8 Å². The van der Waals surface area contributed by atoms with Crippen LogP contribution in [0.3, 0.4) is 0 Å². The molecule has 0 aliphatic carbocycles. The fourth-order valence-electron chi connectivity index (χ4n) is 1.78. The number of carbonyl (C=O) groups excluding carboxylic acids is 2. The van der Waals surface area contributed by atoms with Crippen LogP contribution < -0.4 is 5.32 Å². The topological polar surface area (TPSA) is 98.5 Å². The first-order valence-electron chi connectivity index (χ1n) is 7.02. The van der Waals surface area contributed by atoms with E-state index in [9.17, 15) is 24.1 Å². The predicted molar refractivity (Wildman–Crippen MR) is 90.6 cm³/mol. The Morgan fingerprint density at radius 3 is 2.80 bits per heavy atom. The van der Waals surface area contributed by atoms with Crippen LogP contribution in [0.1, 0.15) is 12.5 Å². The standard InChI is InChI=1S/C16H13FN2O5S/c1-10(24-15(20)5-2-11-6-7-25-9-11)16(21)18-12-3-4-13(17)14(8-12)19(22)23/h2-10H,1H3,(H,18,21)/b5-2+. The molecule has 2 aromatic rings. The van der Waals surface area contributed by atoms with E-state index in [0.717, 1.165) is 17.7 Å². The van der Waals surface area contributed by atoms with Crippen LogP contribution in [0.5, 0.6) is 0 Å². The lowest BCUT2D eigenvalue weighted by Crippen LogP contribution is -2.29. The van der Waals surface area contributed by atoms with Gasteiger partial charge in [-0.15, -0.1) is 0 Å². The second-order valence-electron chi connectivity index (χ2n) is 4.88. The van der Waals surface area contributed by atoms with Crippen LogP contribution in [-0.4, -0.2) is 22.9 Å². The van der Waals surface area contributed by atoms with Gasteiger partial charge in [-0.3, -0.25) is 14.9 Å². The number of rotatable bonds is 6. The second kappa shape index (κ2) is 8.15. The molecule has 1 atom stereocenters. The van der Waals surface area contributed by atoms with Crippen molar-refractivity contribution >= 4 is 40.7 Å². The lowest BCUT2D eigenvalue weighted by molar-refractivity contribution is -0.387. The lowest BCUT2D eigenvalue weighted by atomic mass is 10.2. The normalized spacial score (nSPS) is 11.9. The van der Waals surface area contributed by atoms with E-state index in [1.807, 2.05) is 16.8 Å². The number of hydrogen-bond acceptors (Lipinski definition) is 6. The van der Waals surface area contributed by atoms with Crippen LogP contribution in [0.25, 0.3) is 6.08 Å². The number of benzene rings is 1. The van der Waals surface area contributed by atoms with Gasteiger partial charge in [-0.2, -0.15) is 15.7 Å². The molecule has 0 aliphatic heterocycles. The zero-order valence-corrected chi connectivity index (χ0v) is 13.8. The Labute approximate surface area is 145 Å². The monoisotopic (exact) mass is 364 g/mol. The van der Waals surface area contributed by atoms with Gasteiger partial charge in [-0.05, 0) is 47.5 Å². The first kappa shape index (κ1) is 18.3. The minimum Gasteiger partial charge on any atom is -0.449 e. The molecule has 1 unspecified atom stereocenters. The molecule has 7 nitrogen and oxygen atoms in total. The van der Waals surface area contributed by atoms with E-state index in [-0.39, 0.29) is 5.69 Å². The summed E-state index contributed by atoms with van der Waals surface area (Å²) in [7, 11) is 0. The number of amides is 1. The number of hydrogen-bond donors (Lipinski definition) is 1. The molecular weight excluding hydrogens is 351 g/mol. The molecule has 0 fully saturated rings. The van der Waals surface area contributed by atoms with Gasteiger partial charge in [0.1, 0.15) is 0 Å². The van der Waals surface area contributed by atoms with Crippen molar-refractivity contribution in [3.8, 4) is 0 Å². The van der Waals surface area contributed by atoms with E-state index in [0.29, 0.717) is 0 Å².